The molecular weight excluding hydrogens is 352 g/mol. The Labute approximate surface area is 168 Å². The molecule has 28 heavy (non-hydrogen) atoms. The molecule has 1 aromatic carbocycles. The third kappa shape index (κ3) is 3.80. The molecule has 0 amide bonds. The number of hydrogen-bond acceptors (Lipinski definition) is 4. The second kappa shape index (κ2) is 7.37. The van der Waals surface area contributed by atoms with Gasteiger partial charge < -0.3 is 14.9 Å². The third-order valence-electron chi connectivity index (χ3n) is 7.26. The van der Waals surface area contributed by atoms with E-state index in [4.69, 9.17) is 4.74 Å². The fraction of sp³-hybridized carbons (Fsp3) is 0.708. The summed E-state index contributed by atoms with van der Waals surface area (Å²) in [6.45, 7) is 6.65. The maximum atomic E-state index is 12.6. The van der Waals surface area contributed by atoms with Crippen molar-refractivity contribution in [3.8, 4) is 5.75 Å². The molecule has 4 heteroatoms. The van der Waals surface area contributed by atoms with Gasteiger partial charge in [0.15, 0.2) is 0 Å². The van der Waals surface area contributed by atoms with Gasteiger partial charge in [0, 0.05) is 6.42 Å². The van der Waals surface area contributed by atoms with Crippen molar-refractivity contribution in [2.75, 3.05) is 6.61 Å². The number of phenols is 1. The number of benzene rings is 1. The van der Waals surface area contributed by atoms with E-state index in [2.05, 4.69) is 26.8 Å². The number of hydrogen-bond donors (Lipinski definition) is 2. The Hall–Kier alpha value is -1.55. The molecule has 4 unspecified atom stereocenters. The molecule has 4 rings (SSSR count). The van der Waals surface area contributed by atoms with Crippen LogP contribution in [0.4, 0.5) is 0 Å². The number of carbonyl (C=O) groups excluding carboxylic acids is 1. The zero-order chi connectivity index (χ0) is 20.1. The number of esters is 1. The van der Waals surface area contributed by atoms with Crippen molar-refractivity contribution in [2.24, 2.45) is 29.1 Å². The van der Waals surface area contributed by atoms with Crippen LogP contribution in [0, 0.1) is 29.1 Å². The number of fused-ring (bicyclic) bond motifs is 5. The lowest BCUT2D eigenvalue weighted by molar-refractivity contribution is -0.148. The van der Waals surface area contributed by atoms with Crippen molar-refractivity contribution in [2.45, 2.75) is 71.3 Å². The number of ether oxygens (including phenoxy) is 1. The van der Waals surface area contributed by atoms with Crippen LogP contribution in [-0.4, -0.2) is 28.9 Å². The zero-order valence-corrected chi connectivity index (χ0v) is 17.4. The zero-order valence-electron chi connectivity index (χ0n) is 17.4. The SMILES string of the molecule is CC(C)(C)COC(=O)C[C@H]1CC2C(CC[C@@H]2O)C2CCc3cc(O)ccc3C21. The molecule has 0 spiro atoms. The molecule has 3 aliphatic rings. The van der Waals surface area contributed by atoms with Crippen LogP contribution in [0.2, 0.25) is 0 Å². The average Bonchev–Trinajstić information content (AvgIpc) is 3.00. The van der Waals surface area contributed by atoms with Crippen LogP contribution in [0.3, 0.4) is 0 Å². The molecule has 3 aliphatic carbocycles. The Kier molecular flexibility index (Phi) is 5.20. The summed E-state index contributed by atoms with van der Waals surface area (Å²) in [7, 11) is 0. The van der Waals surface area contributed by atoms with Gasteiger partial charge in [-0.3, -0.25) is 4.79 Å². The average molecular weight is 387 g/mol. The number of rotatable bonds is 3. The smallest absolute Gasteiger partial charge is 0.306 e. The summed E-state index contributed by atoms with van der Waals surface area (Å²) in [6, 6.07) is 5.75. The Morgan fingerprint density at radius 2 is 1.93 bits per heavy atom. The van der Waals surface area contributed by atoms with E-state index in [-0.39, 0.29) is 23.4 Å². The molecule has 2 fully saturated rings. The summed E-state index contributed by atoms with van der Waals surface area (Å²) >= 11 is 0. The fourth-order valence-electron chi connectivity index (χ4n) is 6.17. The van der Waals surface area contributed by atoms with Gasteiger partial charge in [0.2, 0.25) is 0 Å². The van der Waals surface area contributed by atoms with Gasteiger partial charge in [-0.05, 0) is 90.4 Å². The first kappa shape index (κ1) is 19.8. The molecule has 154 valence electrons. The van der Waals surface area contributed by atoms with Gasteiger partial charge >= 0.3 is 5.97 Å². The highest BCUT2D eigenvalue weighted by Gasteiger charge is 2.51. The monoisotopic (exact) mass is 386 g/mol. The topological polar surface area (TPSA) is 66.8 Å². The van der Waals surface area contributed by atoms with E-state index < -0.39 is 0 Å². The highest BCUT2D eigenvalue weighted by atomic mass is 16.5. The van der Waals surface area contributed by atoms with Gasteiger partial charge in [0.25, 0.3) is 0 Å². The molecule has 0 saturated heterocycles. The van der Waals surface area contributed by atoms with Crippen molar-refractivity contribution in [3.05, 3.63) is 29.3 Å². The maximum Gasteiger partial charge on any atom is 0.306 e. The summed E-state index contributed by atoms with van der Waals surface area (Å²) in [5.41, 5.74) is 2.50. The van der Waals surface area contributed by atoms with Crippen molar-refractivity contribution in [1.29, 1.82) is 0 Å². The minimum Gasteiger partial charge on any atom is -0.508 e. The van der Waals surface area contributed by atoms with Gasteiger partial charge in [0.1, 0.15) is 5.75 Å². The maximum absolute atomic E-state index is 12.6. The number of aliphatic hydroxyl groups excluding tert-OH is 1. The molecule has 2 N–H and O–H groups in total. The van der Waals surface area contributed by atoms with Crippen LogP contribution in [-0.2, 0) is 16.0 Å². The third-order valence-corrected chi connectivity index (χ3v) is 7.26. The molecular formula is C24H34O4. The molecule has 4 nitrogen and oxygen atoms in total. The van der Waals surface area contributed by atoms with Crippen LogP contribution in [0.25, 0.3) is 0 Å². The normalized spacial score (nSPS) is 34.3. The molecule has 2 saturated carbocycles. The number of aliphatic hydroxyl groups is 1. The van der Waals surface area contributed by atoms with E-state index in [9.17, 15) is 15.0 Å². The summed E-state index contributed by atoms with van der Waals surface area (Å²) in [6.07, 6.45) is 5.16. The summed E-state index contributed by atoms with van der Waals surface area (Å²) in [4.78, 5) is 12.6. The second-order valence-electron chi connectivity index (χ2n) is 10.5. The standard InChI is InChI=1S/C24H34O4/c1-24(2,3)13-28-22(27)12-15-11-20-18(8-9-21(20)26)19-6-4-14-10-16(25)5-7-17(14)23(15)19/h5,7,10,15,18-21,23,25-26H,4,6,8-9,11-13H2,1-3H3/t15-,18?,19?,20?,21+,23?/m1/s1. The molecule has 0 aromatic heterocycles. The van der Waals surface area contributed by atoms with Crippen molar-refractivity contribution < 1.29 is 19.7 Å². The molecule has 0 heterocycles. The lowest BCUT2D eigenvalue weighted by atomic mass is 9.56. The predicted molar refractivity (Wildman–Crippen MR) is 108 cm³/mol. The second-order valence-corrected chi connectivity index (χ2v) is 10.5. The first-order chi connectivity index (χ1) is 13.2. The van der Waals surface area contributed by atoms with Gasteiger partial charge in [-0.2, -0.15) is 0 Å². The van der Waals surface area contributed by atoms with Gasteiger partial charge in [0.05, 0.1) is 12.7 Å². The molecule has 1 aromatic rings. The Morgan fingerprint density at radius 3 is 2.68 bits per heavy atom. The highest BCUT2D eigenvalue weighted by Crippen LogP contribution is 2.58. The van der Waals surface area contributed by atoms with Crippen LogP contribution in [0.5, 0.6) is 5.75 Å². The summed E-state index contributed by atoms with van der Waals surface area (Å²) < 4.78 is 5.59. The Morgan fingerprint density at radius 1 is 1.14 bits per heavy atom. The molecule has 0 radical (unpaired) electrons. The molecule has 6 atom stereocenters. The van der Waals surface area contributed by atoms with Crippen LogP contribution < -0.4 is 0 Å². The predicted octanol–water partition coefficient (Wildman–Crippen LogP) is 4.42. The summed E-state index contributed by atoms with van der Waals surface area (Å²) in [5.74, 6) is 2.14. The largest absolute Gasteiger partial charge is 0.508 e. The summed E-state index contributed by atoms with van der Waals surface area (Å²) in [5, 5.41) is 20.5. The van der Waals surface area contributed by atoms with E-state index in [0.29, 0.717) is 42.4 Å². The number of aromatic hydroxyl groups is 1. The minimum atomic E-state index is -0.222. The van der Waals surface area contributed by atoms with Crippen molar-refractivity contribution >= 4 is 5.97 Å². The quantitative estimate of drug-likeness (QED) is 0.755. The number of carbonyl (C=O) groups is 1. The van der Waals surface area contributed by atoms with Crippen LogP contribution >= 0.6 is 0 Å². The van der Waals surface area contributed by atoms with E-state index in [0.717, 1.165) is 32.1 Å². The molecule has 0 bridgehead atoms. The first-order valence-corrected chi connectivity index (χ1v) is 10.9. The highest BCUT2D eigenvalue weighted by molar-refractivity contribution is 5.70. The Bertz CT molecular complexity index is 735. The van der Waals surface area contributed by atoms with Gasteiger partial charge in [-0.25, -0.2) is 0 Å². The first-order valence-electron chi connectivity index (χ1n) is 10.9. The van der Waals surface area contributed by atoms with Crippen molar-refractivity contribution in [1.82, 2.24) is 0 Å². The van der Waals surface area contributed by atoms with Crippen LogP contribution in [0.1, 0.15) is 69.9 Å². The number of phenolic OH excluding ortho intramolecular Hbond substituents is 1. The molecule has 0 aliphatic heterocycles. The van der Waals surface area contributed by atoms with E-state index in [1.807, 2.05) is 6.07 Å². The van der Waals surface area contributed by atoms with Crippen molar-refractivity contribution in [3.63, 3.8) is 0 Å². The van der Waals surface area contributed by atoms with Gasteiger partial charge in [-0.15, -0.1) is 0 Å². The van der Waals surface area contributed by atoms with E-state index >= 15 is 0 Å². The van der Waals surface area contributed by atoms with Gasteiger partial charge in [-0.1, -0.05) is 26.8 Å². The lowest BCUT2D eigenvalue weighted by Crippen LogP contribution is -2.42. The van der Waals surface area contributed by atoms with Crippen LogP contribution in [0.15, 0.2) is 18.2 Å². The Balaban J connectivity index is 1.60. The minimum absolute atomic E-state index is 0.0353. The lowest BCUT2D eigenvalue weighted by Gasteiger charge is -2.49. The van der Waals surface area contributed by atoms with E-state index in [1.54, 1.807) is 6.07 Å². The fourth-order valence-corrected chi connectivity index (χ4v) is 6.17. The number of aryl methyl sites for hydroxylation is 1. The van der Waals surface area contributed by atoms with E-state index in [1.165, 1.54) is 11.1 Å².